The number of piperazine rings is 1. The second-order valence-corrected chi connectivity index (χ2v) is 6.53. The van der Waals surface area contributed by atoms with E-state index in [1.165, 1.54) is 31.6 Å². The minimum absolute atomic E-state index is 0.436. The van der Waals surface area contributed by atoms with Crippen LogP contribution in [0.15, 0.2) is 24.3 Å². The molecular weight excluding hydrogens is 288 g/mol. The van der Waals surface area contributed by atoms with Crippen molar-refractivity contribution in [2.45, 2.75) is 31.6 Å². The van der Waals surface area contributed by atoms with Gasteiger partial charge in [-0.1, -0.05) is 30.7 Å². The molecule has 0 spiro atoms. The Bertz CT molecular complexity index is 388. The van der Waals surface area contributed by atoms with Gasteiger partial charge in [-0.25, -0.2) is 0 Å². The van der Waals surface area contributed by atoms with E-state index >= 15 is 0 Å². The van der Waals surface area contributed by atoms with Crippen molar-refractivity contribution in [1.82, 2.24) is 9.80 Å². The van der Waals surface area contributed by atoms with Crippen molar-refractivity contribution in [2.24, 2.45) is 0 Å². The molecule has 20 heavy (non-hydrogen) atoms. The number of hydrogen-bond donors (Lipinski definition) is 1. The Morgan fingerprint density at radius 2 is 1.80 bits per heavy atom. The molecule has 0 radical (unpaired) electrons. The summed E-state index contributed by atoms with van der Waals surface area (Å²) in [6.45, 7) is 8.07. The third-order valence-electron chi connectivity index (χ3n) is 4.05. The van der Waals surface area contributed by atoms with Crippen LogP contribution in [0.4, 0.5) is 0 Å². The molecule has 4 heteroatoms. The summed E-state index contributed by atoms with van der Waals surface area (Å²) in [5.41, 5.74) is 1.38. The van der Waals surface area contributed by atoms with Crippen LogP contribution in [-0.2, 0) is 6.42 Å². The molecule has 1 aliphatic rings. The van der Waals surface area contributed by atoms with Gasteiger partial charge < -0.3 is 4.90 Å². The van der Waals surface area contributed by atoms with Crippen LogP contribution in [0.3, 0.4) is 0 Å². The lowest BCUT2D eigenvalue weighted by Crippen LogP contribution is -2.49. The highest BCUT2D eigenvalue weighted by Gasteiger charge is 2.19. The second-order valence-electron chi connectivity index (χ2n) is 5.50. The molecular formula is C16H25ClN2S. The molecule has 1 heterocycles. The molecule has 1 saturated heterocycles. The van der Waals surface area contributed by atoms with E-state index in [1.54, 1.807) is 0 Å². The molecule has 112 valence electrons. The normalized spacial score (nSPS) is 19.1. The van der Waals surface area contributed by atoms with E-state index < -0.39 is 0 Å². The van der Waals surface area contributed by atoms with E-state index in [-0.39, 0.29) is 0 Å². The lowest BCUT2D eigenvalue weighted by molar-refractivity contribution is 0.122. The van der Waals surface area contributed by atoms with E-state index in [2.05, 4.69) is 41.5 Å². The molecule has 0 aromatic heterocycles. The summed E-state index contributed by atoms with van der Waals surface area (Å²) in [5.74, 6) is 0. The van der Waals surface area contributed by atoms with Gasteiger partial charge in [-0.3, -0.25) is 4.90 Å². The fourth-order valence-corrected chi connectivity index (χ4v) is 3.06. The van der Waals surface area contributed by atoms with E-state index in [1.807, 2.05) is 12.1 Å². The first-order valence-electron chi connectivity index (χ1n) is 7.58. The predicted molar refractivity (Wildman–Crippen MR) is 90.9 cm³/mol. The van der Waals surface area contributed by atoms with Crippen molar-refractivity contribution in [1.29, 1.82) is 0 Å². The van der Waals surface area contributed by atoms with Crippen LogP contribution in [0.1, 0.15) is 25.3 Å². The van der Waals surface area contributed by atoms with Gasteiger partial charge in [0.1, 0.15) is 0 Å². The molecule has 1 aromatic rings. The van der Waals surface area contributed by atoms with Crippen LogP contribution in [0.25, 0.3) is 0 Å². The number of aryl methyl sites for hydroxylation is 1. The highest BCUT2D eigenvalue weighted by atomic mass is 35.5. The highest BCUT2D eigenvalue weighted by molar-refractivity contribution is 7.80. The van der Waals surface area contributed by atoms with Crippen molar-refractivity contribution < 1.29 is 0 Å². The summed E-state index contributed by atoms with van der Waals surface area (Å²) in [7, 11) is 0. The summed E-state index contributed by atoms with van der Waals surface area (Å²) in [6, 6.07) is 8.22. The number of halogens is 1. The van der Waals surface area contributed by atoms with Crippen LogP contribution in [0.2, 0.25) is 5.02 Å². The Hall–Kier alpha value is -0.220. The first-order valence-corrected chi connectivity index (χ1v) is 8.47. The minimum atomic E-state index is 0.436. The van der Waals surface area contributed by atoms with Crippen molar-refractivity contribution >= 4 is 24.2 Å². The van der Waals surface area contributed by atoms with Crippen LogP contribution in [-0.4, -0.2) is 47.9 Å². The third-order valence-corrected chi connectivity index (χ3v) is 4.99. The third kappa shape index (κ3) is 4.96. The SMILES string of the molecule is CCC(S)N1CCN(CCCc2ccc(Cl)cc2)CC1. The maximum Gasteiger partial charge on any atom is 0.0526 e. The molecule has 1 aromatic carbocycles. The zero-order chi connectivity index (χ0) is 14.4. The molecule has 1 aliphatic heterocycles. The standard InChI is InChI=1S/C16H25ClN2S/c1-2-16(20)19-12-10-18(11-13-19)9-3-4-14-5-7-15(17)8-6-14/h5-8,16,20H,2-4,9-13H2,1H3. The van der Waals surface area contributed by atoms with Gasteiger partial charge in [0.2, 0.25) is 0 Å². The first kappa shape index (κ1) is 16.2. The van der Waals surface area contributed by atoms with E-state index in [0.717, 1.165) is 31.0 Å². The summed E-state index contributed by atoms with van der Waals surface area (Å²) < 4.78 is 0. The fourth-order valence-electron chi connectivity index (χ4n) is 2.70. The molecule has 0 amide bonds. The average Bonchev–Trinajstić information content (AvgIpc) is 2.49. The number of thiol groups is 1. The van der Waals surface area contributed by atoms with Crippen LogP contribution < -0.4 is 0 Å². The quantitative estimate of drug-likeness (QED) is 0.803. The molecule has 0 bridgehead atoms. The Balaban J connectivity index is 1.65. The maximum atomic E-state index is 5.90. The van der Waals surface area contributed by atoms with Crippen molar-refractivity contribution in [3.05, 3.63) is 34.9 Å². The largest absolute Gasteiger partial charge is 0.301 e. The van der Waals surface area contributed by atoms with Gasteiger partial charge in [0, 0.05) is 31.2 Å². The van der Waals surface area contributed by atoms with Crippen LogP contribution in [0, 0.1) is 0 Å². The van der Waals surface area contributed by atoms with Gasteiger partial charge >= 0.3 is 0 Å². The molecule has 0 saturated carbocycles. The van der Waals surface area contributed by atoms with Crippen molar-refractivity contribution in [3.63, 3.8) is 0 Å². The topological polar surface area (TPSA) is 6.48 Å². The second kappa shape index (κ2) is 8.28. The Morgan fingerprint density at radius 3 is 2.40 bits per heavy atom. The van der Waals surface area contributed by atoms with E-state index in [4.69, 9.17) is 11.6 Å². The summed E-state index contributed by atoms with van der Waals surface area (Å²) in [4.78, 5) is 5.06. The fraction of sp³-hybridized carbons (Fsp3) is 0.625. The number of benzene rings is 1. The minimum Gasteiger partial charge on any atom is -0.301 e. The molecule has 0 N–H and O–H groups in total. The van der Waals surface area contributed by atoms with Crippen molar-refractivity contribution in [3.8, 4) is 0 Å². The Labute approximate surface area is 133 Å². The number of hydrogen-bond acceptors (Lipinski definition) is 3. The molecule has 1 atom stereocenters. The highest BCUT2D eigenvalue weighted by Crippen LogP contribution is 2.14. The molecule has 2 nitrogen and oxygen atoms in total. The van der Waals surface area contributed by atoms with Crippen LogP contribution >= 0.6 is 24.2 Å². The van der Waals surface area contributed by atoms with Gasteiger partial charge in [-0.15, -0.1) is 0 Å². The zero-order valence-corrected chi connectivity index (χ0v) is 13.9. The number of rotatable bonds is 6. The number of nitrogens with zero attached hydrogens (tertiary/aromatic N) is 2. The molecule has 0 aliphatic carbocycles. The summed E-state index contributed by atoms with van der Waals surface area (Å²) in [5, 5.41) is 1.26. The lowest BCUT2D eigenvalue weighted by atomic mass is 10.1. The van der Waals surface area contributed by atoms with E-state index in [9.17, 15) is 0 Å². The molecule has 2 rings (SSSR count). The molecule has 1 fully saturated rings. The van der Waals surface area contributed by atoms with Gasteiger partial charge in [0.25, 0.3) is 0 Å². The first-order chi connectivity index (χ1) is 9.69. The zero-order valence-electron chi connectivity index (χ0n) is 12.3. The average molecular weight is 313 g/mol. The maximum absolute atomic E-state index is 5.90. The lowest BCUT2D eigenvalue weighted by Gasteiger charge is -2.37. The van der Waals surface area contributed by atoms with Crippen LogP contribution in [0.5, 0.6) is 0 Å². The van der Waals surface area contributed by atoms with Gasteiger partial charge in [-0.2, -0.15) is 12.6 Å². The van der Waals surface area contributed by atoms with Crippen molar-refractivity contribution in [2.75, 3.05) is 32.7 Å². The smallest absolute Gasteiger partial charge is 0.0526 e. The van der Waals surface area contributed by atoms with Gasteiger partial charge in [-0.05, 0) is 43.5 Å². The summed E-state index contributed by atoms with van der Waals surface area (Å²) in [6.07, 6.45) is 3.49. The Kier molecular flexibility index (Phi) is 6.69. The van der Waals surface area contributed by atoms with Gasteiger partial charge in [0.15, 0.2) is 0 Å². The van der Waals surface area contributed by atoms with E-state index in [0.29, 0.717) is 5.37 Å². The summed E-state index contributed by atoms with van der Waals surface area (Å²) >= 11 is 10.5. The monoisotopic (exact) mass is 312 g/mol. The van der Waals surface area contributed by atoms with Gasteiger partial charge in [0.05, 0.1) is 5.37 Å². The molecule has 1 unspecified atom stereocenters. The predicted octanol–water partition coefficient (Wildman–Crippen LogP) is 3.56. The Morgan fingerprint density at radius 1 is 1.15 bits per heavy atom.